The molecule has 0 aromatic heterocycles. The van der Waals surface area contributed by atoms with Crippen LogP contribution in [0.4, 0.5) is 0 Å². The zero-order valence-corrected chi connectivity index (χ0v) is 18.0. The monoisotopic (exact) mass is 424 g/mol. The van der Waals surface area contributed by atoms with E-state index in [9.17, 15) is 25.2 Å². The fourth-order valence-electron chi connectivity index (χ4n) is 3.66. The molecule has 1 aliphatic rings. The smallest absolute Gasteiger partial charge is 0.181 e. The van der Waals surface area contributed by atoms with Crippen LogP contribution in [0.15, 0.2) is 47.6 Å². The topological polar surface area (TPSA) is 107 Å². The number of fused-ring (bicyclic) bond motifs is 1. The van der Waals surface area contributed by atoms with Crippen molar-refractivity contribution in [1.82, 2.24) is 0 Å². The molecule has 0 radical (unpaired) electrons. The largest absolute Gasteiger partial charge is 0.508 e. The van der Waals surface area contributed by atoms with Gasteiger partial charge in [-0.2, -0.15) is 0 Å². The standard InChI is InChI=1S/C25H28O6/c1-14(2)5-4-6-15(3)7-8-16-9-18(21(28)12-20(16)27)19-13-31-23-11-17(26)10-22(29)24(23)25(19)30/h5,7,9-12,19,26-29H,4,6,8,13H2,1-3H3/b15-7+/t19-/m1/s1. The molecule has 1 aliphatic heterocycles. The lowest BCUT2D eigenvalue weighted by Gasteiger charge is -2.26. The SMILES string of the molecule is CC(C)=CCC/C(C)=C/Cc1cc([C@H]2COc3cc(O)cc(O)c3C2=O)c(O)cc1O. The maximum absolute atomic E-state index is 13.0. The molecule has 0 saturated carbocycles. The molecule has 3 rings (SSSR count). The minimum Gasteiger partial charge on any atom is -0.508 e. The molecule has 2 aromatic carbocycles. The summed E-state index contributed by atoms with van der Waals surface area (Å²) in [7, 11) is 0. The van der Waals surface area contributed by atoms with Gasteiger partial charge >= 0.3 is 0 Å². The zero-order valence-electron chi connectivity index (χ0n) is 18.0. The van der Waals surface area contributed by atoms with Gasteiger partial charge in [0.15, 0.2) is 5.78 Å². The second-order valence-electron chi connectivity index (χ2n) is 8.18. The molecule has 2 aromatic rings. The zero-order chi connectivity index (χ0) is 22.7. The van der Waals surface area contributed by atoms with E-state index in [0.717, 1.165) is 18.9 Å². The summed E-state index contributed by atoms with van der Waals surface area (Å²) in [5, 5.41) is 40.4. The number of phenolic OH excluding ortho intramolecular Hbond substituents is 4. The summed E-state index contributed by atoms with van der Waals surface area (Å²) in [6, 6.07) is 5.19. The Bertz CT molecular complexity index is 1060. The van der Waals surface area contributed by atoms with Crippen molar-refractivity contribution in [2.24, 2.45) is 0 Å². The molecule has 0 amide bonds. The predicted molar refractivity (Wildman–Crippen MR) is 118 cm³/mol. The first-order valence-electron chi connectivity index (χ1n) is 10.2. The number of rotatable bonds is 6. The second-order valence-corrected chi connectivity index (χ2v) is 8.18. The van der Waals surface area contributed by atoms with Gasteiger partial charge in [0.05, 0.1) is 5.92 Å². The molecule has 0 unspecified atom stereocenters. The summed E-state index contributed by atoms with van der Waals surface area (Å²) >= 11 is 0. The fraction of sp³-hybridized carbons (Fsp3) is 0.320. The summed E-state index contributed by atoms with van der Waals surface area (Å²) in [5.41, 5.74) is 3.34. The molecule has 164 valence electrons. The average molecular weight is 424 g/mol. The van der Waals surface area contributed by atoms with Crippen molar-refractivity contribution in [3.63, 3.8) is 0 Å². The first-order chi connectivity index (χ1) is 14.7. The van der Waals surface area contributed by atoms with E-state index in [2.05, 4.69) is 19.9 Å². The van der Waals surface area contributed by atoms with E-state index in [0.29, 0.717) is 17.5 Å². The first-order valence-corrected chi connectivity index (χ1v) is 10.2. The van der Waals surface area contributed by atoms with Crippen molar-refractivity contribution < 1.29 is 30.0 Å². The maximum Gasteiger partial charge on any atom is 0.181 e. The van der Waals surface area contributed by atoms with Gasteiger partial charge in [0, 0.05) is 23.8 Å². The third-order valence-electron chi connectivity index (χ3n) is 5.40. The summed E-state index contributed by atoms with van der Waals surface area (Å²) in [5.74, 6) is -2.00. The number of ether oxygens (including phenoxy) is 1. The number of aromatic hydroxyl groups is 4. The van der Waals surface area contributed by atoms with E-state index < -0.39 is 11.7 Å². The maximum atomic E-state index is 13.0. The number of hydrogen-bond acceptors (Lipinski definition) is 6. The number of carbonyl (C=O) groups excluding carboxylic acids is 1. The van der Waals surface area contributed by atoms with E-state index in [1.54, 1.807) is 6.07 Å². The Hall–Kier alpha value is -3.41. The van der Waals surface area contributed by atoms with Crippen LogP contribution in [0.3, 0.4) is 0 Å². The van der Waals surface area contributed by atoms with Crippen LogP contribution >= 0.6 is 0 Å². The Morgan fingerprint density at radius 2 is 1.74 bits per heavy atom. The van der Waals surface area contributed by atoms with Crippen LogP contribution in [0.25, 0.3) is 0 Å². The summed E-state index contributed by atoms with van der Waals surface area (Å²) < 4.78 is 5.58. The van der Waals surface area contributed by atoms with E-state index in [1.165, 1.54) is 23.3 Å². The lowest BCUT2D eigenvalue weighted by atomic mass is 9.86. The quantitative estimate of drug-likeness (QED) is 0.481. The predicted octanol–water partition coefficient (Wildman–Crippen LogP) is 5.10. The Labute approximate surface area is 181 Å². The van der Waals surface area contributed by atoms with Crippen molar-refractivity contribution in [1.29, 1.82) is 0 Å². The second kappa shape index (κ2) is 9.16. The number of allylic oxidation sites excluding steroid dienone is 4. The Morgan fingerprint density at radius 3 is 2.45 bits per heavy atom. The van der Waals surface area contributed by atoms with Gasteiger partial charge in [0.1, 0.15) is 40.9 Å². The Kier molecular flexibility index (Phi) is 6.59. The van der Waals surface area contributed by atoms with Crippen LogP contribution in [0.1, 0.15) is 61.0 Å². The van der Waals surface area contributed by atoms with Gasteiger partial charge in [-0.25, -0.2) is 0 Å². The Morgan fingerprint density at radius 1 is 1.00 bits per heavy atom. The number of phenols is 4. The average Bonchev–Trinajstić information content (AvgIpc) is 2.67. The van der Waals surface area contributed by atoms with E-state index in [-0.39, 0.29) is 40.9 Å². The summed E-state index contributed by atoms with van der Waals surface area (Å²) in [6.07, 6.45) is 6.52. The molecular weight excluding hydrogens is 396 g/mol. The van der Waals surface area contributed by atoms with Crippen LogP contribution in [0, 0.1) is 0 Å². The molecule has 0 fully saturated rings. The van der Waals surface area contributed by atoms with Crippen molar-refractivity contribution in [2.45, 2.75) is 46.0 Å². The van der Waals surface area contributed by atoms with Gasteiger partial charge < -0.3 is 25.2 Å². The van der Waals surface area contributed by atoms with Crippen LogP contribution in [-0.4, -0.2) is 32.8 Å². The van der Waals surface area contributed by atoms with Gasteiger partial charge in [-0.3, -0.25) is 4.79 Å². The van der Waals surface area contributed by atoms with Gasteiger partial charge in [0.2, 0.25) is 0 Å². The first kappa shape index (κ1) is 22.3. The molecule has 6 nitrogen and oxygen atoms in total. The molecule has 1 atom stereocenters. The fourth-order valence-corrected chi connectivity index (χ4v) is 3.66. The lowest BCUT2D eigenvalue weighted by Crippen LogP contribution is -2.26. The number of benzene rings is 2. The van der Waals surface area contributed by atoms with Crippen molar-refractivity contribution in [3.8, 4) is 28.7 Å². The molecule has 1 heterocycles. The Balaban J connectivity index is 1.86. The third-order valence-corrected chi connectivity index (χ3v) is 5.40. The van der Waals surface area contributed by atoms with Crippen molar-refractivity contribution in [3.05, 3.63) is 64.3 Å². The van der Waals surface area contributed by atoms with E-state index >= 15 is 0 Å². The van der Waals surface area contributed by atoms with Crippen LogP contribution in [-0.2, 0) is 6.42 Å². The highest BCUT2D eigenvalue weighted by molar-refractivity contribution is 6.06. The van der Waals surface area contributed by atoms with E-state index in [4.69, 9.17) is 4.74 Å². The van der Waals surface area contributed by atoms with Crippen LogP contribution in [0.2, 0.25) is 0 Å². The number of ketones is 1. The van der Waals surface area contributed by atoms with Crippen molar-refractivity contribution >= 4 is 5.78 Å². The molecular formula is C25H28O6. The highest BCUT2D eigenvalue weighted by Gasteiger charge is 2.35. The molecule has 6 heteroatoms. The minimum atomic E-state index is -0.843. The van der Waals surface area contributed by atoms with Gasteiger partial charge in [-0.15, -0.1) is 0 Å². The van der Waals surface area contributed by atoms with E-state index in [1.807, 2.05) is 13.0 Å². The van der Waals surface area contributed by atoms with Gasteiger partial charge in [0.25, 0.3) is 0 Å². The number of hydrogen-bond donors (Lipinski definition) is 4. The molecule has 0 saturated heterocycles. The minimum absolute atomic E-state index is 0.0295. The molecule has 0 aliphatic carbocycles. The summed E-state index contributed by atoms with van der Waals surface area (Å²) in [4.78, 5) is 13.0. The third kappa shape index (κ3) is 5.02. The van der Waals surface area contributed by atoms with Gasteiger partial charge in [-0.1, -0.05) is 23.3 Å². The molecule has 4 N–H and O–H groups in total. The highest BCUT2D eigenvalue weighted by Crippen LogP contribution is 2.43. The highest BCUT2D eigenvalue weighted by atomic mass is 16.5. The molecule has 31 heavy (non-hydrogen) atoms. The molecule has 0 spiro atoms. The van der Waals surface area contributed by atoms with Gasteiger partial charge in [-0.05, 0) is 51.7 Å². The molecule has 0 bridgehead atoms. The van der Waals surface area contributed by atoms with Crippen molar-refractivity contribution in [2.75, 3.05) is 6.61 Å². The normalized spacial score (nSPS) is 15.9. The lowest BCUT2D eigenvalue weighted by molar-refractivity contribution is 0.0890. The van der Waals surface area contributed by atoms with Crippen LogP contribution < -0.4 is 4.74 Å². The van der Waals surface area contributed by atoms with Crippen LogP contribution in [0.5, 0.6) is 28.7 Å². The number of Topliss-reactive ketones (excluding diaryl/α,β-unsaturated/α-hetero) is 1. The summed E-state index contributed by atoms with van der Waals surface area (Å²) in [6.45, 7) is 6.10. The number of carbonyl (C=O) groups is 1.